The van der Waals surface area contributed by atoms with Crippen LogP contribution in [0.5, 0.6) is 0 Å². The third-order valence-electron chi connectivity index (χ3n) is 4.42. The largest absolute Gasteiger partial charge is 0.197 e. The van der Waals surface area contributed by atoms with Crippen LogP contribution in [0.25, 0.3) is 0 Å². The summed E-state index contributed by atoms with van der Waals surface area (Å²) in [6.07, 6.45) is 9.55. The normalized spacial score (nSPS) is 34.8. The maximum atomic E-state index is 9.61. The highest BCUT2D eigenvalue weighted by molar-refractivity contribution is 5.48. The highest BCUT2D eigenvalue weighted by Crippen LogP contribution is 2.68. The molecule has 0 aromatic heterocycles. The standard InChI is InChI=1S/C16H15N/c1-15(13-7-5-6-8-13)11-16(15,12-17)14-9-3-2-4-10-14/h2-10,13H,11H2,1H3. The van der Waals surface area contributed by atoms with Gasteiger partial charge in [0, 0.05) is 11.3 Å². The van der Waals surface area contributed by atoms with Crippen molar-refractivity contribution in [3.63, 3.8) is 0 Å². The summed E-state index contributed by atoms with van der Waals surface area (Å²) >= 11 is 0. The van der Waals surface area contributed by atoms with Crippen molar-refractivity contribution in [2.45, 2.75) is 18.8 Å². The summed E-state index contributed by atoms with van der Waals surface area (Å²) < 4.78 is 0. The molecule has 0 radical (unpaired) electrons. The Hall–Kier alpha value is -1.81. The molecule has 1 nitrogen and oxygen atoms in total. The van der Waals surface area contributed by atoms with E-state index in [2.05, 4.69) is 49.4 Å². The average molecular weight is 221 g/mol. The van der Waals surface area contributed by atoms with Gasteiger partial charge in [-0.15, -0.1) is 0 Å². The van der Waals surface area contributed by atoms with Crippen LogP contribution in [-0.2, 0) is 5.41 Å². The van der Waals surface area contributed by atoms with Crippen LogP contribution < -0.4 is 0 Å². The van der Waals surface area contributed by atoms with E-state index in [0.29, 0.717) is 5.92 Å². The van der Waals surface area contributed by atoms with Crippen molar-refractivity contribution in [1.29, 1.82) is 5.26 Å². The molecule has 1 aromatic carbocycles. The van der Waals surface area contributed by atoms with E-state index in [-0.39, 0.29) is 10.8 Å². The first-order valence-electron chi connectivity index (χ1n) is 6.05. The molecule has 2 atom stereocenters. The molecule has 17 heavy (non-hydrogen) atoms. The summed E-state index contributed by atoms with van der Waals surface area (Å²) in [6, 6.07) is 12.8. The fraction of sp³-hybridized carbons (Fsp3) is 0.312. The van der Waals surface area contributed by atoms with Gasteiger partial charge in [0.25, 0.3) is 0 Å². The second kappa shape index (κ2) is 3.34. The van der Waals surface area contributed by atoms with E-state index in [1.165, 1.54) is 5.56 Å². The lowest BCUT2D eigenvalue weighted by Gasteiger charge is -2.21. The molecular weight excluding hydrogens is 206 g/mol. The second-order valence-corrected chi connectivity index (χ2v) is 5.27. The summed E-state index contributed by atoms with van der Waals surface area (Å²) in [5, 5.41) is 9.61. The number of hydrogen-bond acceptors (Lipinski definition) is 1. The Morgan fingerprint density at radius 2 is 1.82 bits per heavy atom. The zero-order valence-electron chi connectivity index (χ0n) is 9.93. The topological polar surface area (TPSA) is 23.8 Å². The molecule has 1 aromatic rings. The van der Waals surface area contributed by atoms with Crippen LogP contribution in [0, 0.1) is 22.7 Å². The van der Waals surface area contributed by atoms with E-state index < -0.39 is 0 Å². The minimum absolute atomic E-state index is 0.0621. The van der Waals surface area contributed by atoms with Crippen molar-refractivity contribution in [1.82, 2.24) is 0 Å². The second-order valence-electron chi connectivity index (χ2n) is 5.27. The Bertz CT molecular complexity index is 522. The highest BCUT2D eigenvalue weighted by atomic mass is 14.7. The quantitative estimate of drug-likeness (QED) is 0.748. The summed E-state index contributed by atoms with van der Waals surface area (Å²) in [5.41, 5.74) is 0.934. The molecule has 0 amide bonds. The maximum absolute atomic E-state index is 9.61. The van der Waals surface area contributed by atoms with E-state index in [9.17, 15) is 5.26 Å². The first-order valence-corrected chi connectivity index (χ1v) is 6.05. The summed E-state index contributed by atoms with van der Waals surface area (Å²) in [6.45, 7) is 2.23. The lowest BCUT2D eigenvalue weighted by molar-refractivity contribution is 0.434. The van der Waals surface area contributed by atoms with Gasteiger partial charge in [-0.25, -0.2) is 0 Å². The maximum Gasteiger partial charge on any atom is 0.0891 e. The monoisotopic (exact) mass is 221 g/mol. The molecule has 0 aliphatic heterocycles. The van der Waals surface area contributed by atoms with Gasteiger partial charge >= 0.3 is 0 Å². The fourth-order valence-electron chi connectivity index (χ4n) is 3.15. The molecule has 0 bridgehead atoms. The van der Waals surface area contributed by atoms with Crippen molar-refractivity contribution in [3.8, 4) is 6.07 Å². The van der Waals surface area contributed by atoms with Gasteiger partial charge in [-0.3, -0.25) is 0 Å². The molecule has 2 aliphatic carbocycles. The zero-order valence-corrected chi connectivity index (χ0v) is 9.93. The number of allylic oxidation sites excluding steroid dienone is 4. The van der Waals surface area contributed by atoms with Gasteiger partial charge in [0.2, 0.25) is 0 Å². The number of rotatable bonds is 2. The Morgan fingerprint density at radius 1 is 1.18 bits per heavy atom. The van der Waals surface area contributed by atoms with Crippen LogP contribution in [0.1, 0.15) is 18.9 Å². The lowest BCUT2D eigenvalue weighted by atomic mass is 9.80. The van der Waals surface area contributed by atoms with Crippen molar-refractivity contribution in [2.75, 3.05) is 0 Å². The van der Waals surface area contributed by atoms with Gasteiger partial charge in [0.15, 0.2) is 0 Å². The Morgan fingerprint density at radius 3 is 2.41 bits per heavy atom. The van der Waals surface area contributed by atoms with Gasteiger partial charge in [0.05, 0.1) is 11.5 Å². The van der Waals surface area contributed by atoms with Crippen molar-refractivity contribution in [3.05, 3.63) is 60.2 Å². The fourth-order valence-corrected chi connectivity index (χ4v) is 3.15. The highest BCUT2D eigenvalue weighted by Gasteiger charge is 2.68. The first-order chi connectivity index (χ1) is 8.23. The molecule has 0 spiro atoms. The van der Waals surface area contributed by atoms with Gasteiger partial charge in [-0.2, -0.15) is 5.26 Å². The first kappa shape index (κ1) is 10.4. The van der Waals surface area contributed by atoms with E-state index in [1.807, 2.05) is 18.2 Å². The number of nitriles is 1. The van der Waals surface area contributed by atoms with Crippen LogP contribution >= 0.6 is 0 Å². The van der Waals surface area contributed by atoms with E-state index in [4.69, 9.17) is 0 Å². The number of hydrogen-bond donors (Lipinski definition) is 0. The molecule has 84 valence electrons. The number of benzene rings is 1. The molecule has 0 N–H and O–H groups in total. The molecule has 2 unspecified atom stereocenters. The third-order valence-corrected chi connectivity index (χ3v) is 4.42. The molecule has 1 fully saturated rings. The van der Waals surface area contributed by atoms with E-state index in [1.54, 1.807) is 0 Å². The predicted molar refractivity (Wildman–Crippen MR) is 68.2 cm³/mol. The summed E-state index contributed by atoms with van der Waals surface area (Å²) in [7, 11) is 0. The predicted octanol–water partition coefficient (Wildman–Crippen LogP) is 3.60. The average Bonchev–Trinajstić information content (AvgIpc) is 2.79. The molecule has 3 rings (SSSR count). The van der Waals surface area contributed by atoms with Crippen LogP contribution in [0.4, 0.5) is 0 Å². The minimum atomic E-state index is -0.294. The van der Waals surface area contributed by atoms with Gasteiger partial charge in [0.1, 0.15) is 0 Å². The minimum Gasteiger partial charge on any atom is -0.197 e. The van der Waals surface area contributed by atoms with E-state index in [0.717, 1.165) is 6.42 Å². The Labute approximate surface area is 102 Å². The van der Waals surface area contributed by atoms with Crippen LogP contribution in [0.3, 0.4) is 0 Å². The Kier molecular flexibility index (Phi) is 2.03. The summed E-state index contributed by atoms with van der Waals surface area (Å²) in [5.74, 6) is 0.405. The molecule has 0 saturated heterocycles. The smallest absolute Gasteiger partial charge is 0.0891 e. The third kappa shape index (κ3) is 1.24. The Balaban J connectivity index is 2.01. The molecule has 1 heteroatoms. The van der Waals surface area contributed by atoms with Gasteiger partial charge in [-0.05, 0) is 12.0 Å². The van der Waals surface area contributed by atoms with Crippen LogP contribution in [0.2, 0.25) is 0 Å². The zero-order chi connectivity index (χ0) is 11.9. The van der Waals surface area contributed by atoms with Crippen LogP contribution in [-0.4, -0.2) is 0 Å². The SMILES string of the molecule is CC1(C2C=CC=C2)CC1(C#N)c1ccccc1. The number of nitrogens with zero attached hydrogens (tertiary/aromatic N) is 1. The molecule has 2 aliphatic rings. The van der Waals surface area contributed by atoms with E-state index >= 15 is 0 Å². The van der Waals surface area contributed by atoms with Crippen LogP contribution in [0.15, 0.2) is 54.6 Å². The lowest BCUT2D eigenvalue weighted by Crippen LogP contribution is -2.19. The molecule has 0 heterocycles. The molecule has 1 saturated carbocycles. The molecular formula is C16H15N. The van der Waals surface area contributed by atoms with Gasteiger partial charge in [-0.1, -0.05) is 61.6 Å². The van der Waals surface area contributed by atoms with Crippen molar-refractivity contribution >= 4 is 0 Å². The van der Waals surface area contributed by atoms with Crippen molar-refractivity contribution < 1.29 is 0 Å². The van der Waals surface area contributed by atoms with Crippen molar-refractivity contribution in [2.24, 2.45) is 11.3 Å². The van der Waals surface area contributed by atoms with Gasteiger partial charge < -0.3 is 0 Å². The summed E-state index contributed by atoms with van der Waals surface area (Å²) in [4.78, 5) is 0.